The fraction of sp³-hybridized carbons (Fsp3) is 0.304. The van der Waals surface area contributed by atoms with E-state index in [2.05, 4.69) is 10.4 Å². The lowest BCUT2D eigenvalue weighted by Crippen LogP contribution is -2.26. The first kappa shape index (κ1) is 22.2. The number of anilines is 3. The van der Waals surface area contributed by atoms with E-state index >= 15 is 0 Å². The number of nitrogens with zero attached hydrogens (tertiary/aromatic N) is 3. The topological polar surface area (TPSA) is 59.4 Å². The Bertz CT molecular complexity index is 1130. The van der Waals surface area contributed by atoms with Crippen LogP contribution < -0.4 is 15.8 Å². The van der Waals surface area contributed by atoms with Crippen LogP contribution in [0.5, 0.6) is 0 Å². The van der Waals surface area contributed by atoms with Gasteiger partial charge in [0.2, 0.25) is 0 Å². The minimum Gasteiger partial charge on any atom is -0.382 e. The van der Waals surface area contributed by atoms with E-state index in [0.29, 0.717) is 41.8 Å². The Morgan fingerprint density at radius 3 is 2.56 bits per heavy atom. The van der Waals surface area contributed by atoms with Gasteiger partial charge < -0.3 is 15.0 Å². The molecule has 1 aliphatic rings. The summed E-state index contributed by atoms with van der Waals surface area (Å²) in [6, 6.07) is 10.2. The van der Waals surface area contributed by atoms with Gasteiger partial charge in [0.1, 0.15) is 16.7 Å². The van der Waals surface area contributed by atoms with Gasteiger partial charge in [0.05, 0.1) is 24.2 Å². The molecule has 0 unspecified atom stereocenters. The molecular weight excluding hydrogens is 438 g/mol. The van der Waals surface area contributed by atoms with Gasteiger partial charge in [0.25, 0.3) is 5.56 Å². The molecule has 168 valence electrons. The Kier molecular flexibility index (Phi) is 6.72. The molecule has 9 heteroatoms. The first-order valence-electron chi connectivity index (χ1n) is 10.3. The van der Waals surface area contributed by atoms with Crippen molar-refractivity contribution in [1.82, 2.24) is 9.78 Å². The van der Waals surface area contributed by atoms with Crippen molar-refractivity contribution in [3.05, 3.63) is 75.7 Å². The van der Waals surface area contributed by atoms with Gasteiger partial charge in [-0.2, -0.15) is 9.78 Å². The summed E-state index contributed by atoms with van der Waals surface area (Å²) in [5.74, 6) is -0.935. The highest BCUT2D eigenvalue weighted by Crippen LogP contribution is 2.26. The fourth-order valence-corrected chi connectivity index (χ4v) is 3.86. The summed E-state index contributed by atoms with van der Waals surface area (Å²) < 4.78 is 33.7. The third-order valence-corrected chi connectivity index (χ3v) is 5.84. The van der Waals surface area contributed by atoms with Crippen molar-refractivity contribution in [2.24, 2.45) is 5.92 Å². The Hall–Kier alpha value is -2.97. The maximum Gasteiger partial charge on any atom is 0.292 e. The molecule has 3 aromatic rings. The van der Waals surface area contributed by atoms with Crippen LogP contribution in [0.15, 0.2) is 53.5 Å². The largest absolute Gasteiger partial charge is 0.382 e. The lowest BCUT2D eigenvalue weighted by Gasteiger charge is -2.23. The third-order valence-electron chi connectivity index (χ3n) is 5.47. The summed E-state index contributed by atoms with van der Waals surface area (Å²) in [5.41, 5.74) is 1.62. The smallest absolute Gasteiger partial charge is 0.292 e. The summed E-state index contributed by atoms with van der Waals surface area (Å²) in [6.45, 7) is 2.15. The standard InChI is InChI=1S/C23H23ClF2N4O2/c1-29(20-10-16(25)9-17(26)11-20)18-4-6-19(7-5-18)30-23(31)22(24)21(13-28-30)27-12-15-3-2-8-32-14-15/h4-7,9-11,13,15,27H,2-3,8,12,14H2,1H3/t15-/m0/s1. The lowest BCUT2D eigenvalue weighted by molar-refractivity contribution is 0.0595. The number of benzene rings is 2. The van der Waals surface area contributed by atoms with Gasteiger partial charge in [-0.3, -0.25) is 4.79 Å². The summed E-state index contributed by atoms with van der Waals surface area (Å²) in [5, 5.41) is 7.50. The molecule has 1 aromatic heterocycles. The van der Waals surface area contributed by atoms with Crippen LogP contribution in [0.2, 0.25) is 5.02 Å². The number of hydrogen-bond donors (Lipinski definition) is 1. The van der Waals surface area contributed by atoms with Crippen LogP contribution in [0.1, 0.15) is 12.8 Å². The average molecular weight is 461 g/mol. The Labute approximate surface area is 189 Å². The SMILES string of the molecule is CN(c1ccc(-n2ncc(NC[C@@H]3CCCOC3)c(Cl)c2=O)cc1)c1cc(F)cc(F)c1. The molecule has 32 heavy (non-hydrogen) atoms. The first-order valence-corrected chi connectivity index (χ1v) is 10.7. The highest BCUT2D eigenvalue weighted by molar-refractivity contribution is 6.32. The molecule has 1 saturated heterocycles. The third kappa shape index (κ3) is 4.92. The van der Waals surface area contributed by atoms with Crippen LogP contribution in [-0.2, 0) is 4.74 Å². The van der Waals surface area contributed by atoms with E-state index in [1.807, 2.05) is 0 Å². The molecule has 4 rings (SSSR count). The number of halogens is 3. The van der Waals surface area contributed by atoms with Gasteiger partial charge >= 0.3 is 0 Å². The fourth-order valence-electron chi connectivity index (χ4n) is 3.66. The maximum atomic E-state index is 13.5. The predicted octanol–water partition coefficient (Wildman–Crippen LogP) is 4.77. The molecule has 1 fully saturated rings. The van der Waals surface area contributed by atoms with E-state index in [1.165, 1.54) is 23.0 Å². The molecule has 2 aromatic carbocycles. The quantitative estimate of drug-likeness (QED) is 0.574. The highest BCUT2D eigenvalue weighted by atomic mass is 35.5. The van der Waals surface area contributed by atoms with Crippen molar-refractivity contribution in [3.63, 3.8) is 0 Å². The molecule has 1 atom stereocenters. The number of nitrogens with one attached hydrogen (secondary N) is 1. The monoisotopic (exact) mass is 460 g/mol. The Morgan fingerprint density at radius 1 is 1.19 bits per heavy atom. The van der Waals surface area contributed by atoms with Crippen LogP contribution in [0.25, 0.3) is 5.69 Å². The van der Waals surface area contributed by atoms with Crippen LogP contribution in [-0.4, -0.2) is 36.6 Å². The molecule has 0 amide bonds. The van der Waals surface area contributed by atoms with E-state index < -0.39 is 17.2 Å². The molecule has 0 saturated carbocycles. The number of ether oxygens (including phenoxy) is 1. The lowest BCUT2D eigenvalue weighted by atomic mass is 10.0. The minimum atomic E-state index is -0.654. The van der Waals surface area contributed by atoms with E-state index in [-0.39, 0.29) is 5.02 Å². The zero-order chi connectivity index (χ0) is 22.7. The maximum absolute atomic E-state index is 13.5. The summed E-state index contributed by atoms with van der Waals surface area (Å²) >= 11 is 6.31. The van der Waals surface area contributed by atoms with Gasteiger partial charge in [-0.1, -0.05) is 11.6 Å². The van der Waals surface area contributed by atoms with Gasteiger partial charge in [-0.05, 0) is 55.2 Å². The second-order valence-corrected chi connectivity index (χ2v) is 8.13. The van der Waals surface area contributed by atoms with Crippen LogP contribution in [0.3, 0.4) is 0 Å². The van der Waals surface area contributed by atoms with Crippen molar-refractivity contribution in [2.45, 2.75) is 12.8 Å². The second kappa shape index (κ2) is 9.67. The number of aromatic nitrogens is 2. The molecule has 1 aliphatic heterocycles. The van der Waals surface area contributed by atoms with Gasteiger partial charge in [0, 0.05) is 37.6 Å². The molecule has 1 N–H and O–H groups in total. The predicted molar refractivity (Wildman–Crippen MR) is 121 cm³/mol. The van der Waals surface area contributed by atoms with Crippen LogP contribution in [0.4, 0.5) is 25.8 Å². The van der Waals surface area contributed by atoms with Crippen molar-refractivity contribution in [1.29, 1.82) is 0 Å². The van der Waals surface area contributed by atoms with Crippen molar-refractivity contribution in [2.75, 3.05) is 37.0 Å². The molecule has 2 heterocycles. The normalized spacial score (nSPS) is 16.1. The second-order valence-electron chi connectivity index (χ2n) is 7.76. The van der Waals surface area contributed by atoms with Gasteiger partial charge in [-0.15, -0.1) is 0 Å². The van der Waals surface area contributed by atoms with Crippen LogP contribution >= 0.6 is 11.6 Å². The van der Waals surface area contributed by atoms with E-state index in [0.717, 1.165) is 25.5 Å². The summed E-state index contributed by atoms with van der Waals surface area (Å²) in [7, 11) is 1.70. The van der Waals surface area contributed by atoms with E-state index in [1.54, 1.807) is 36.2 Å². The highest BCUT2D eigenvalue weighted by Gasteiger charge is 2.16. The van der Waals surface area contributed by atoms with Gasteiger partial charge in [0.15, 0.2) is 0 Å². The Balaban J connectivity index is 1.51. The molecule has 0 spiro atoms. The van der Waals surface area contributed by atoms with Crippen molar-refractivity contribution >= 4 is 28.7 Å². The first-order chi connectivity index (χ1) is 15.4. The van der Waals surface area contributed by atoms with Gasteiger partial charge in [-0.25, -0.2) is 8.78 Å². The number of rotatable bonds is 6. The van der Waals surface area contributed by atoms with Crippen molar-refractivity contribution in [3.8, 4) is 5.69 Å². The Morgan fingerprint density at radius 2 is 1.91 bits per heavy atom. The molecule has 0 radical (unpaired) electrons. The molecule has 0 bridgehead atoms. The van der Waals surface area contributed by atoms with E-state index in [4.69, 9.17) is 16.3 Å². The zero-order valence-electron chi connectivity index (χ0n) is 17.5. The van der Waals surface area contributed by atoms with Crippen molar-refractivity contribution < 1.29 is 13.5 Å². The minimum absolute atomic E-state index is 0.0631. The number of hydrogen-bond acceptors (Lipinski definition) is 5. The average Bonchev–Trinajstić information content (AvgIpc) is 2.80. The van der Waals surface area contributed by atoms with Crippen LogP contribution in [0, 0.1) is 17.6 Å². The summed E-state index contributed by atoms with van der Waals surface area (Å²) in [6.07, 6.45) is 3.63. The molecule has 0 aliphatic carbocycles. The summed E-state index contributed by atoms with van der Waals surface area (Å²) in [4.78, 5) is 14.4. The van der Waals surface area contributed by atoms with E-state index in [9.17, 15) is 13.6 Å². The zero-order valence-corrected chi connectivity index (χ0v) is 18.3. The molecular formula is C23H23ClF2N4O2. The molecule has 6 nitrogen and oxygen atoms in total.